The molecule has 1 amide bonds. The Morgan fingerprint density at radius 1 is 1.29 bits per heavy atom. The molecule has 0 bridgehead atoms. The van der Waals surface area contributed by atoms with Crippen molar-refractivity contribution in [2.24, 2.45) is 11.8 Å². The lowest BCUT2D eigenvalue weighted by molar-refractivity contribution is -0.0586. The van der Waals surface area contributed by atoms with E-state index in [-0.39, 0.29) is 24.7 Å². The number of halogens is 2. The summed E-state index contributed by atoms with van der Waals surface area (Å²) in [6, 6.07) is 0.355. The summed E-state index contributed by atoms with van der Waals surface area (Å²) in [5, 5.41) is 8.84. The number of nitrogens with zero attached hydrogens (tertiary/aromatic N) is 1. The summed E-state index contributed by atoms with van der Waals surface area (Å²) in [5.41, 5.74) is -0.508. The standard InChI is InChI=1S/C17H23F2N3OS/c18-17(19)5-3-16(4-6-17,22-14(23)15-20-7-8-24-15)12-9-13(12)21-10-11-1-2-11/h7-8,11-13,21H,1-6,9-10H2,(H,22,23). The van der Waals surface area contributed by atoms with Crippen molar-refractivity contribution in [3.05, 3.63) is 16.6 Å². The molecule has 1 aromatic rings. The van der Waals surface area contributed by atoms with Crippen LogP contribution in [0.2, 0.25) is 0 Å². The van der Waals surface area contributed by atoms with E-state index in [1.54, 1.807) is 11.6 Å². The first-order chi connectivity index (χ1) is 11.5. The van der Waals surface area contributed by atoms with Crippen molar-refractivity contribution in [1.82, 2.24) is 15.6 Å². The Morgan fingerprint density at radius 3 is 2.67 bits per heavy atom. The second kappa shape index (κ2) is 6.02. The van der Waals surface area contributed by atoms with E-state index in [2.05, 4.69) is 15.6 Å². The number of carbonyl (C=O) groups excluding carboxylic acids is 1. The van der Waals surface area contributed by atoms with E-state index < -0.39 is 11.5 Å². The summed E-state index contributed by atoms with van der Waals surface area (Å²) in [6.07, 6.45) is 5.57. The van der Waals surface area contributed by atoms with Gasteiger partial charge in [-0.2, -0.15) is 0 Å². The summed E-state index contributed by atoms with van der Waals surface area (Å²) in [7, 11) is 0. The smallest absolute Gasteiger partial charge is 0.280 e. The van der Waals surface area contributed by atoms with E-state index in [0.717, 1.165) is 18.9 Å². The maximum absolute atomic E-state index is 13.7. The lowest BCUT2D eigenvalue weighted by Crippen LogP contribution is -2.55. The Hall–Kier alpha value is -1.08. The van der Waals surface area contributed by atoms with Gasteiger partial charge in [-0.3, -0.25) is 4.79 Å². The quantitative estimate of drug-likeness (QED) is 0.824. The minimum atomic E-state index is -2.60. The first kappa shape index (κ1) is 16.4. The minimum Gasteiger partial charge on any atom is -0.344 e. The third kappa shape index (κ3) is 3.47. The molecular formula is C17H23F2N3OS. The van der Waals surface area contributed by atoms with Gasteiger partial charge in [0, 0.05) is 36.0 Å². The lowest BCUT2D eigenvalue weighted by Gasteiger charge is -2.41. The summed E-state index contributed by atoms with van der Waals surface area (Å²) in [6.45, 7) is 1.02. The van der Waals surface area contributed by atoms with E-state index in [1.165, 1.54) is 24.2 Å². The maximum Gasteiger partial charge on any atom is 0.280 e. The SMILES string of the molecule is O=C(NC1(C2CC2NCC2CC2)CCC(F)(F)CC1)c1nccs1. The molecule has 3 saturated carbocycles. The average Bonchev–Trinajstić information content (AvgIpc) is 3.46. The van der Waals surface area contributed by atoms with Crippen LogP contribution in [0.1, 0.15) is 54.7 Å². The molecule has 24 heavy (non-hydrogen) atoms. The fourth-order valence-electron chi connectivity index (χ4n) is 3.94. The molecule has 1 heterocycles. The minimum absolute atomic E-state index is 0.142. The van der Waals surface area contributed by atoms with Crippen LogP contribution in [0.15, 0.2) is 11.6 Å². The number of carbonyl (C=O) groups is 1. The summed E-state index contributed by atoms with van der Waals surface area (Å²) >= 11 is 1.29. The molecule has 2 atom stereocenters. The number of alkyl halides is 2. The van der Waals surface area contributed by atoms with Crippen molar-refractivity contribution in [2.45, 2.75) is 62.4 Å². The van der Waals surface area contributed by atoms with Gasteiger partial charge in [-0.15, -0.1) is 11.3 Å². The van der Waals surface area contributed by atoms with Crippen molar-refractivity contribution in [1.29, 1.82) is 0 Å². The lowest BCUT2D eigenvalue weighted by atomic mass is 9.76. The van der Waals surface area contributed by atoms with Gasteiger partial charge in [0.1, 0.15) is 0 Å². The Kier molecular flexibility index (Phi) is 4.11. The molecule has 7 heteroatoms. The number of thiazole rings is 1. The topological polar surface area (TPSA) is 54.0 Å². The van der Waals surface area contributed by atoms with Gasteiger partial charge in [0.25, 0.3) is 5.91 Å². The number of amides is 1. The molecule has 0 spiro atoms. The molecule has 3 aliphatic rings. The highest BCUT2D eigenvalue weighted by atomic mass is 32.1. The highest BCUT2D eigenvalue weighted by molar-refractivity contribution is 7.11. The van der Waals surface area contributed by atoms with Gasteiger partial charge in [0.15, 0.2) is 5.01 Å². The molecular weight excluding hydrogens is 332 g/mol. The molecule has 0 saturated heterocycles. The van der Waals surface area contributed by atoms with Gasteiger partial charge in [-0.1, -0.05) is 0 Å². The predicted molar refractivity (Wildman–Crippen MR) is 88.3 cm³/mol. The Bertz CT molecular complexity index is 593. The highest BCUT2D eigenvalue weighted by Crippen LogP contribution is 2.51. The predicted octanol–water partition coefficient (Wildman–Crippen LogP) is 3.21. The van der Waals surface area contributed by atoms with Gasteiger partial charge in [0.05, 0.1) is 0 Å². The zero-order valence-electron chi connectivity index (χ0n) is 13.6. The van der Waals surface area contributed by atoms with Crippen LogP contribution in [0.3, 0.4) is 0 Å². The van der Waals surface area contributed by atoms with Crippen LogP contribution in [0.4, 0.5) is 8.78 Å². The van der Waals surface area contributed by atoms with Crippen LogP contribution in [-0.4, -0.2) is 34.9 Å². The van der Waals surface area contributed by atoms with Gasteiger partial charge in [0.2, 0.25) is 5.92 Å². The maximum atomic E-state index is 13.7. The van der Waals surface area contributed by atoms with Gasteiger partial charge in [-0.25, -0.2) is 13.8 Å². The van der Waals surface area contributed by atoms with Crippen LogP contribution < -0.4 is 10.6 Å². The molecule has 0 aliphatic heterocycles. The third-order valence-electron chi connectivity index (χ3n) is 5.73. The van der Waals surface area contributed by atoms with E-state index in [4.69, 9.17) is 0 Å². The van der Waals surface area contributed by atoms with Crippen molar-refractivity contribution < 1.29 is 13.6 Å². The van der Waals surface area contributed by atoms with E-state index in [9.17, 15) is 13.6 Å². The van der Waals surface area contributed by atoms with Gasteiger partial charge < -0.3 is 10.6 Å². The number of rotatable bonds is 6. The second-order valence-corrected chi connectivity index (χ2v) is 8.50. The number of nitrogens with one attached hydrogen (secondary N) is 2. The first-order valence-electron chi connectivity index (χ1n) is 8.81. The normalized spacial score (nSPS) is 30.8. The van der Waals surface area contributed by atoms with Crippen molar-refractivity contribution in [2.75, 3.05) is 6.54 Å². The summed E-state index contributed by atoms with van der Waals surface area (Å²) < 4.78 is 27.3. The molecule has 4 nitrogen and oxygen atoms in total. The monoisotopic (exact) mass is 355 g/mol. The zero-order valence-corrected chi connectivity index (χ0v) is 14.4. The van der Waals surface area contributed by atoms with E-state index >= 15 is 0 Å². The zero-order chi connectivity index (χ0) is 16.8. The highest BCUT2D eigenvalue weighted by Gasteiger charge is 2.57. The van der Waals surface area contributed by atoms with Gasteiger partial charge >= 0.3 is 0 Å². The van der Waals surface area contributed by atoms with E-state index in [0.29, 0.717) is 23.9 Å². The summed E-state index contributed by atoms with van der Waals surface area (Å²) in [5.74, 6) is -1.76. The van der Waals surface area contributed by atoms with E-state index in [1.807, 2.05) is 0 Å². The van der Waals surface area contributed by atoms with Crippen LogP contribution in [0.25, 0.3) is 0 Å². The molecule has 0 radical (unpaired) electrons. The van der Waals surface area contributed by atoms with Crippen molar-refractivity contribution in [3.8, 4) is 0 Å². The Labute approximate surface area is 144 Å². The summed E-state index contributed by atoms with van der Waals surface area (Å²) in [4.78, 5) is 16.5. The number of hydrogen-bond donors (Lipinski definition) is 2. The molecule has 2 N–H and O–H groups in total. The fraction of sp³-hybridized carbons (Fsp3) is 0.765. The molecule has 4 rings (SSSR count). The first-order valence-corrected chi connectivity index (χ1v) is 9.69. The molecule has 1 aromatic heterocycles. The van der Waals surface area contributed by atoms with Crippen LogP contribution in [-0.2, 0) is 0 Å². The van der Waals surface area contributed by atoms with Crippen molar-refractivity contribution >= 4 is 17.2 Å². The third-order valence-corrected chi connectivity index (χ3v) is 6.50. The second-order valence-electron chi connectivity index (χ2n) is 7.60. The number of hydrogen-bond acceptors (Lipinski definition) is 4. The van der Waals surface area contributed by atoms with Crippen molar-refractivity contribution in [3.63, 3.8) is 0 Å². The molecule has 2 unspecified atom stereocenters. The van der Waals surface area contributed by atoms with Crippen LogP contribution in [0.5, 0.6) is 0 Å². The largest absolute Gasteiger partial charge is 0.344 e. The average molecular weight is 355 g/mol. The Balaban J connectivity index is 1.44. The van der Waals surface area contributed by atoms with Crippen LogP contribution in [0, 0.1) is 11.8 Å². The fourth-order valence-corrected chi connectivity index (χ4v) is 4.47. The molecule has 3 fully saturated rings. The Morgan fingerprint density at radius 2 is 2.04 bits per heavy atom. The molecule has 3 aliphatic carbocycles. The van der Waals surface area contributed by atoms with Crippen LogP contribution >= 0.6 is 11.3 Å². The number of aromatic nitrogens is 1. The molecule has 0 aromatic carbocycles. The van der Waals surface area contributed by atoms with Gasteiger partial charge in [-0.05, 0) is 50.5 Å². The molecule has 132 valence electrons.